The fourth-order valence-corrected chi connectivity index (χ4v) is 1.73. The summed E-state index contributed by atoms with van der Waals surface area (Å²) in [7, 11) is 0. The molecule has 2 rings (SSSR count). The van der Waals surface area contributed by atoms with Crippen molar-refractivity contribution in [3.63, 3.8) is 0 Å². The lowest BCUT2D eigenvalue weighted by Gasteiger charge is -2.10. The van der Waals surface area contributed by atoms with Gasteiger partial charge in [-0.25, -0.2) is 4.79 Å². The Bertz CT molecular complexity index is 605. The van der Waals surface area contributed by atoms with Crippen molar-refractivity contribution in [2.75, 3.05) is 0 Å². The molecule has 0 amide bonds. The smallest absolute Gasteiger partial charge is 0.339 e. The maximum absolute atomic E-state index is 11.1. The zero-order valence-corrected chi connectivity index (χ0v) is 10.5. The van der Waals surface area contributed by atoms with Gasteiger partial charge in [-0.05, 0) is 42.3 Å². The van der Waals surface area contributed by atoms with Gasteiger partial charge in [0.25, 0.3) is 0 Å². The Morgan fingerprint density at radius 1 is 1.21 bits per heavy atom. The van der Waals surface area contributed by atoms with Crippen LogP contribution < -0.4 is 4.74 Å². The van der Waals surface area contributed by atoms with Crippen LogP contribution in [0.1, 0.15) is 21.5 Å². The second kappa shape index (κ2) is 5.44. The highest BCUT2D eigenvalue weighted by molar-refractivity contribution is 5.90. The molecular weight excluding hydrogens is 244 g/mol. The summed E-state index contributed by atoms with van der Waals surface area (Å²) in [4.78, 5) is 11.1. The SMILES string of the molecule is Cc1ccc(C(=O)O)c(OCc2cccc(O)c2)c1. The van der Waals surface area contributed by atoms with Crippen LogP contribution >= 0.6 is 0 Å². The predicted octanol–water partition coefficient (Wildman–Crippen LogP) is 2.98. The number of phenols is 1. The van der Waals surface area contributed by atoms with E-state index in [1.807, 2.05) is 6.92 Å². The number of benzene rings is 2. The van der Waals surface area contributed by atoms with Crippen molar-refractivity contribution in [1.29, 1.82) is 0 Å². The molecule has 0 aliphatic rings. The summed E-state index contributed by atoms with van der Waals surface area (Å²) >= 11 is 0. The van der Waals surface area contributed by atoms with Gasteiger partial charge in [-0.1, -0.05) is 18.2 Å². The van der Waals surface area contributed by atoms with E-state index in [-0.39, 0.29) is 17.9 Å². The van der Waals surface area contributed by atoms with Crippen molar-refractivity contribution in [2.24, 2.45) is 0 Å². The Hall–Kier alpha value is -2.49. The first-order valence-electron chi connectivity index (χ1n) is 5.81. The average Bonchev–Trinajstić information content (AvgIpc) is 2.36. The molecule has 0 aliphatic carbocycles. The molecule has 0 heterocycles. The van der Waals surface area contributed by atoms with Crippen LogP contribution in [0.25, 0.3) is 0 Å². The minimum absolute atomic E-state index is 0.130. The largest absolute Gasteiger partial charge is 0.508 e. The lowest BCUT2D eigenvalue weighted by atomic mass is 10.1. The average molecular weight is 258 g/mol. The van der Waals surface area contributed by atoms with E-state index in [1.54, 1.807) is 36.4 Å². The maximum Gasteiger partial charge on any atom is 0.339 e. The molecule has 0 unspecified atom stereocenters. The molecular formula is C15H14O4. The number of rotatable bonds is 4. The molecule has 0 aliphatic heterocycles. The molecule has 4 nitrogen and oxygen atoms in total. The van der Waals surface area contributed by atoms with E-state index in [9.17, 15) is 9.90 Å². The fourth-order valence-electron chi connectivity index (χ4n) is 1.73. The molecule has 2 N–H and O–H groups in total. The highest BCUT2D eigenvalue weighted by atomic mass is 16.5. The normalized spacial score (nSPS) is 10.2. The van der Waals surface area contributed by atoms with Crippen LogP contribution in [0.4, 0.5) is 0 Å². The molecule has 2 aromatic rings. The highest BCUT2D eigenvalue weighted by Gasteiger charge is 2.11. The van der Waals surface area contributed by atoms with Gasteiger partial charge in [-0.3, -0.25) is 0 Å². The summed E-state index contributed by atoms with van der Waals surface area (Å²) in [5.41, 5.74) is 1.83. The Morgan fingerprint density at radius 2 is 2.00 bits per heavy atom. The third-order valence-corrected chi connectivity index (χ3v) is 2.67. The second-order valence-electron chi connectivity index (χ2n) is 4.26. The lowest BCUT2D eigenvalue weighted by molar-refractivity contribution is 0.0691. The number of phenolic OH excluding ortho intramolecular Hbond substituents is 1. The Balaban J connectivity index is 2.19. The van der Waals surface area contributed by atoms with E-state index in [1.165, 1.54) is 6.07 Å². The van der Waals surface area contributed by atoms with E-state index < -0.39 is 5.97 Å². The molecule has 0 bridgehead atoms. The van der Waals surface area contributed by atoms with Crippen molar-refractivity contribution < 1.29 is 19.7 Å². The van der Waals surface area contributed by atoms with Gasteiger partial charge in [0, 0.05) is 0 Å². The summed E-state index contributed by atoms with van der Waals surface area (Å²) in [6.07, 6.45) is 0. The third kappa shape index (κ3) is 3.25. The minimum atomic E-state index is -1.02. The van der Waals surface area contributed by atoms with Gasteiger partial charge in [0.1, 0.15) is 23.7 Å². The van der Waals surface area contributed by atoms with Crippen molar-refractivity contribution in [3.8, 4) is 11.5 Å². The first-order valence-corrected chi connectivity index (χ1v) is 5.81. The summed E-state index contributed by atoms with van der Waals surface area (Å²) < 4.78 is 5.53. The Labute approximate surface area is 110 Å². The number of aromatic carboxylic acids is 1. The number of aromatic hydroxyl groups is 1. The van der Waals surface area contributed by atoms with Gasteiger partial charge in [0.2, 0.25) is 0 Å². The molecule has 0 saturated heterocycles. The van der Waals surface area contributed by atoms with Crippen LogP contribution in [0.2, 0.25) is 0 Å². The first-order chi connectivity index (χ1) is 9.06. The summed E-state index contributed by atoms with van der Waals surface area (Å²) in [6, 6.07) is 11.6. The van der Waals surface area contributed by atoms with Gasteiger partial charge in [-0.15, -0.1) is 0 Å². The summed E-state index contributed by atoms with van der Waals surface area (Å²) in [5.74, 6) is -0.537. The molecule has 98 valence electrons. The Morgan fingerprint density at radius 3 is 2.68 bits per heavy atom. The molecule has 0 atom stereocenters. The quantitative estimate of drug-likeness (QED) is 0.884. The van der Waals surface area contributed by atoms with E-state index >= 15 is 0 Å². The highest BCUT2D eigenvalue weighted by Crippen LogP contribution is 2.22. The number of carboxylic acids is 1. The van der Waals surface area contributed by atoms with Gasteiger partial charge in [-0.2, -0.15) is 0 Å². The fraction of sp³-hybridized carbons (Fsp3) is 0.133. The number of aryl methyl sites for hydroxylation is 1. The van der Waals surface area contributed by atoms with E-state index in [2.05, 4.69) is 0 Å². The van der Waals surface area contributed by atoms with Crippen molar-refractivity contribution in [1.82, 2.24) is 0 Å². The van der Waals surface area contributed by atoms with E-state index in [0.29, 0.717) is 5.75 Å². The number of carbonyl (C=O) groups is 1. The molecule has 4 heteroatoms. The third-order valence-electron chi connectivity index (χ3n) is 2.67. The zero-order chi connectivity index (χ0) is 13.8. The van der Waals surface area contributed by atoms with Gasteiger partial charge >= 0.3 is 5.97 Å². The van der Waals surface area contributed by atoms with Crippen LogP contribution in [0.15, 0.2) is 42.5 Å². The van der Waals surface area contributed by atoms with Crippen molar-refractivity contribution in [2.45, 2.75) is 13.5 Å². The molecule has 0 aromatic heterocycles. The van der Waals surface area contributed by atoms with Gasteiger partial charge < -0.3 is 14.9 Å². The number of carboxylic acid groups (broad SMARTS) is 1. The monoisotopic (exact) mass is 258 g/mol. The van der Waals surface area contributed by atoms with Gasteiger partial charge in [0.15, 0.2) is 0 Å². The first kappa shape index (κ1) is 13.0. The number of ether oxygens (including phenoxy) is 1. The molecule has 0 spiro atoms. The number of hydrogen-bond donors (Lipinski definition) is 2. The summed E-state index contributed by atoms with van der Waals surface area (Å²) in [5, 5.41) is 18.4. The molecule has 0 saturated carbocycles. The predicted molar refractivity (Wildman–Crippen MR) is 70.6 cm³/mol. The van der Waals surface area contributed by atoms with Crippen LogP contribution in [0, 0.1) is 6.92 Å². The standard InChI is InChI=1S/C15H14O4/c1-10-5-6-13(15(17)18)14(7-10)19-9-11-3-2-4-12(16)8-11/h2-8,16H,9H2,1H3,(H,17,18). The van der Waals surface area contributed by atoms with Gasteiger partial charge in [0.05, 0.1) is 0 Å². The Kier molecular flexibility index (Phi) is 3.71. The second-order valence-corrected chi connectivity index (χ2v) is 4.26. The zero-order valence-electron chi connectivity index (χ0n) is 10.5. The van der Waals surface area contributed by atoms with Crippen LogP contribution in [-0.4, -0.2) is 16.2 Å². The van der Waals surface area contributed by atoms with Crippen LogP contribution in [0.3, 0.4) is 0 Å². The molecule has 2 aromatic carbocycles. The molecule has 19 heavy (non-hydrogen) atoms. The lowest BCUT2D eigenvalue weighted by Crippen LogP contribution is -2.03. The van der Waals surface area contributed by atoms with Crippen molar-refractivity contribution >= 4 is 5.97 Å². The van der Waals surface area contributed by atoms with Crippen LogP contribution in [-0.2, 0) is 6.61 Å². The molecule has 0 fully saturated rings. The summed E-state index contributed by atoms with van der Waals surface area (Å²) in [6.45, 7) is 2.07. The van der Waals surface area contributed by atoms with Crippen LogP contribution in [0.5, 0.6) is 11.5 Å². The maximum atomic E-state index is 11.1. The van der Waals surface area contributed by atoms with E-state index in [0.717, 1.165) is 11.1 Å². The van der Waals surface area contributed by atoms with Crippen molar-refractivity contribution in [3.05, 3.63) is 59.2 Å². The number of hydrogen-bond acceptors (Lipinski definition) is 3. The topological polar surface area (TPSA) is 66.8 Å². The molecule has 0 radical (unpaired) electrons. The minimum Gasteiger partial charge on any atom is -0.508 e. The van der Waals surface area contributed by atoms with E-state index in [4.69, 9.17) is 9.84 Å².